The van der Waals surface area contributed by atoms with Crippen molar-refractivity contribution >= 4 is 8.80 Å². The highest BCUT2D eigenvalue weighted by molar-refractivity contribution is 6.59. The summed E-state index contributed by atoms with van der Waals surface area (Å²) in [6, 6.07) is 14.3. The third-order valence-corrected chi connectivity index (χ3v) is 9.76. The largest absolute Gasteiger partial charge is 0.494 e. The molecule has 0 bridgehead atoms. The van der Waals surface area contributed by atoms with E-state index in [0.717, 1.165) is 12.0 Å². The minimum absolute atomic E-state index is 0.296. The fourth-order valence-corrected chi connectivity index (χ4v) is 7.97. The summed E-state index contributed by atoms with van der Waals surface area (Å²) in [7, 11) is -0.567. The van der Waals surface area contributed by atoms with Gasteiger partial charge in [0.15, 0.2) is 0 Å². The first-order valence-electron chi connectivity index (χ1n) is 11.3. The Bertz CT molecular complexity index is 784. The molecule has 2 aromatic carbocycles. The Morgan fingerprint density at radius 1 is 0.897 bits per heavy atom. The van der Waals surface area contributed by atoms with Gasteiger partial charge in [-0.1, -0.05) is 63.4 Å². The highest BCUT2D eigenvalue weighted by Crippen LogP contribution is 2.37. The maximum atomic E-state index is 14.9. The van der Waals surface area contributed by atoms with Crippen LogP contribution >= 0.6 is 0 Å². The second-order valence-electron chi connectivity index (χ2n) is 8.44. The third-order valence-electron chi connectivity index (χ3n) is 6.23. The molecule has 2 aromatic rings. The summed E-state index contributed by atoms with van der Waals surface area (Å²) >= 11 is 0. The van der Waals surface area contributed by atoms with Crippen LogP contribution in [0, 0.1) is 11.6 Å². The van der Waals surface area contributed by atoms with E-state index in [0.29, 0.717) is 29.4 Å². The average Bonchev–Trinajstić information content (AvgIpc) is 2.73. The standard InChI is InChI=1S/C25H34F2OSi/c1-3-5-6-14-29-15-11-19(12-16-29)20-7-9-22(24(26)17-20)23-10-8-21(18-25(23)27)28-13-4-2/h7-10,17-19,29H,3-6,11-16H2,1-2H3. The van der Waals surface area contributed by atoms with E-state index in [1.54, 1.807) is 24.3 Å². The Hall–Kier alpha value is -1.68. The van der Waals surface area contributed by atoms with Crippen molar-refractivity contribution in [3.05, 3.63) is 53.6 Å². The van der Waals surface area contributed by atoms with Crippen LogP contribution in [0.25, 0.3) is 11.1 Å². The first kappa shape index (κ1) is 22.0. The van der Waals surface area contributed by atoms with E-state index in [1.807, 2.05) is 13.0 Å². The lowest BCUT2D eigenvalue weighted by molar-refractivity contribution is 0.316. The van der Waals surface area contributed by atoms with Gasteiger partial charge < -0.3 is 4.74 Å². The number of benzene rings is 2. The van der Waals surface area contributed by atoms with Gasteiger partial charge in [0.25, 0.3) is 0 Å². The number of hydrogen-bond donors (Lipinski definition) is 0. The maximum absolute atomic E-state index is 14.9. The van der Waals surface area contributed by atoms with Crippen LogP contribution in [0.1, 0.15) is 63.9 Å². The van der Waals surface area contributed by atoms with E-state index in [2.05, 4.69) is 6.92 Å². The number of unbranched alkanes of at least 4 members (excludes halogenated alkanes) is 2. The SMILES string of the molecule is CCCCC[SiH]1CCC(c2ccc(-c3ccc(OCCC)cc3F)c(F)c2)CC1. The molecule has 3 rings (SSSR count). The Labute approximate surface area is 176 Å². The highest BCUT2D eigenvalue weighted by atomic mass is 28.3. The zero-order valence-electron chi connectivity index (χ0n) is 17.9. The summed E-state index contributed by atoms with van der Waals surface area (Å²) in [6.07, 6.45) is 7.31. The molecular formula is C25H34F2OSi. The molecule has 0 aliphatic carbocycles. The molecule has 0 unspecified atom stereocenters. The van der Waals surface area contributed by atoms with Crippen LogP contribution in [0.4, 0.5) is 8.78 Å². The highest BCUT2D eigenvalue weighted by Gasteiger charge is 2.24. The van der Waals surface area contributed by atoms with Crippen molar-refractivity contribution in [2.45, 2.75) is 76.4 Å². The molecule has 29 heavy (non-hydrogen) atoms. The zero-order chi connectivity index (χ0) is 20.6. The van der Waals surface area contributed by atoms with Crippen LogP contribution in [0.3, 0.4) is 0 Å². The van der Waals surface area contributed by atoms with Gasteiger partial charge in [-0.25, -0.2) is 8.78 Å². The second kappa shape index (κ2) is 10.9. The number of ether oxygens (including phenoxy) is 1. The summed E-state index contributed by atoms with van der Waals surface area (Å²) in [5.74, 6) is 0.183. The number of hydrogen-bond acceptors (Lipinski definition) is 1. The molecule has 1 aliphatic heterocycles. The summed E-state index contributed by atoms with van der Waals surface area (Å²) in [6.45, 7) is 4.81. The van der Waals surface area contributed by atoms with Gasteiger partial charge in [0.05, 0.1) is 6.61 Å². The molecule has 1 nitrogen and oxygen atoms in total. The summed E-state index contributed by atoms with van der Waals surface area (Å²) < 4.78 is 34.9. The molecule has 1 saturated heterocycles. The van der Waals surface area contributed by atoms with Crippen molar-refractivity contribution in [1.29, 1.82) is 0 Å². The van der Waals surface area contributed by atoms with Gasteiger partial charge in [-0.3, -0.25) is 0 Å². The van der Waals surface area contributed by atoms with Gasteiger partial charge in [-0.2, -0.15) is 0 Å². The smallest absolute Gasteiger partial charge is 0.134 e. The lowest BCUT2D eigenvalue weighted by Gasteiger charge is -2.28. The predicted molar refractivity (Wildman–Crippen MR) is 121 cm³/mol. The first-order chi connectivity index (χ1) is 14.1. The van der Waals surface area contributed by atoms with Crippen molar-refractivity contribution in [3.63, 3.8) is 0 Å². The molecule has 1 fully saturated rings. The van der Waals surface area contributed by atoms with Gasteiger partial charge in [0, 0.05) is 26.0 Å². The van der Waals surface area contributed by atoms with Crippen molar-refractivity contribution in [2.75, 3.05) is 6.61 Å². The van der Waals surface area contributed by atoms with Crippen molar-refractivity contribution in [1.82, 2.24) is 0 Å². The molecule has 0 aromatic heterocycles. The van der Waals surface area contributed by atoms with Crippen LogP contribution in [0.2, 0.25) is 18.1 Å². The zero-order valence-corrected chi connectivity index (χ0v) is 19.0. The fraction of sp³-hybridized carbons (Fsp3) is 0.520. The first-order valence-corrected chi connectivity index (χ1v) is 13.8. The molecule has 0 saturated carbocycles. The van der Waals surface area contributed by atoms with E-state index in [1.165, 1.54) is 56.3 Å². The minimum atomic E-state index is -0.567. The maximum Gasteiger partial charge on any atom is 0.134 e. The van der Waals surface area contributed by atoms with Crippen LogP contribution in [-0.4, -0.2) is 15.4 Å². The third kappa shape index (κ3) is 5.91. The Morgan fingerprint density at radius 3 is 2.21 bits per heavy atom. The Balaban J connectivity index is 1.65. The van der Waals surface area contributed by atoms with Crippen LogP contribution in [-0.2, 0) is 0 Å². The predicted octanol–water partition coefficient (Wildman–Crippen LogP) is 7.72. The van der Waals surface area contributed by atoms with Crippen LogP contribution < -0.4 is 4.74 Å². The quantitative estimate of drug-likeness (QED) is 0.300. The van der Waals surface area contributed by atoms with Gasteiger partial charge in [-0.05, 0) is 48.9 Å². The second-order valence-corrected chi connectivity index (χ2v) is 11.9. The lowest BCUT2D eigenvalue weighted by Crippen LogP contribution is -2.20. The topological polar surface area (TPSA) is 9.23 Å². The van der Waals surface area contributed by atoms with Crippen LogP contribution in [0.5, 0.6) is 5.75 Å². The molecular weight excluding hydrogens is 382 g/mol. The van der Waals surface area contributed by atoms with E-state index in [9.17, 15) is 8.78 Å². The van der Waals surface area contributed by atoms with Crippen molar-refractivity contribution in [3.8, 4) is 16.9 Å². The van der Waals surface area contributed by atoms with Gasteiger partial charge in [-0.15, -0.1) is 0 Å². The minimum Gasteiger partial charge on any atom is -0.494 e. The molecule has 0 spiro atoms. The summed E-state index contributed by atoms with van der Waals surface area (Å²) in [5, 5.41) is 0. The Morgan fingerprint density at radius 2 is 1.59 bits per heavy atom. The molecule has 0 radical (unpaired) electrons. The molecule has 0 amide bonds. The Kier molecular flexibility index (Phi) is 8.28. The normalized spacial score (nSPS) is 19.3. The average molecular weight is 417 g/mol. The van der Waals surface area contributed by atoms with Gasteiger partial charge in [0.2, 0.25) is 0 Å². The monoisotopic (exact) mass is 416 g/mol. The summed E-state index contributed by atoms with van der Waals surface area (Å²) in [5.41, 5.74) is 1.71. The van der Waals surface area contributed by atoms with Gasteiger partial charge >= 0.3 is 0 Å². The molecule has 1 aliphatic rings. The van der Waals surface area contributed by atoms with E-state index in [4.69, 9.17) is 4.74 Å². The molecule has 1 heterocycles. The molecule has 4 heteroatoms. The van der Waals surface area contributed by atoms with Crippen molar-refractivity contribution in [2.24, 2.45) is 0 Å². The molecule has 158 valence electrons. The number of rotatable bonds is 9. The van der Waals surface area contributed by atoms with E-state index < -0.39 is 14.6 Å². The summed E-state index contributed by atoms with van der Waals surface area (Å²) in [4.78, 5) is 0. The van der Waals surface area contributed by atoms with E-state index >= 15 is 0 Å². The van der Waals surface area contributed by atoms with Crippen LogP contribution in [0.15, 0.2) is 36.4 Å². The fourth-order valence-electron chi connectivity index (χ4n) is 4.50. The van der Waals surface area contributed by atoms with Crippen molar-refractivity contribution < 1.29 is 13.5 Å². The van der Waals surface area contributed by atoms with E-state index in [-0.39, 0.29) is 5.82 Å². The molecule has 0 N–H and O–H groups in total. The molecule has 0 atom stereocenters. The number of halogens is 2. The van der Waals surface area contributed by atoms with Gasteiger partial charge in [0.1, 0.15) is 17.4 Å². The lowest BCUT2D eigenvalue weighted by atomic mass is 9.91.